The molecule has 0 radical (unpaired) electrons. The molecule has 0 unspecified atom stereocenters. The van der Waals surface area contributed by atoms with Crippen LogP contribution in [0.5, 0.6) is 0 Å². The van der Waals surface area contributed by atoms with Crippen molar-refractivity contribution in [2.45, 2.75) is 18.7 Å². The van der Waals surface area contributed by atoms with E-state index in [0.29, 0.717) is 0 Å². The van der Waals surface area contributed by atoms with E-state index in [1.165, 1.54) is 41.8 Å². The van der Waals surface area contributed by atoms with E-state index in [1.54, 1.807) is 22.7 Å². The molecule has 4 rings (SSSR count). The van der Waals surface area contributed by atoms with E-state index >= 15 is 0 Å². The van der Waals surface area contributed by atoms with Crippen LogP contribution in [0.4, 0.5) is 0 Å². The van der Waals surface area contributed by atoms with E-state index in [0.717, 1.165) is 0 Å². The number of thiophene rings is 2. The second-order valence-electron chi connectivity index (χ2n) is 6.44. The van der Waals surface area contributed by atoms with Gasteiger partial charge in [-0.15, -0.1) is 22.7 Å². The molecule has 2 aromatic heterocycles. The highest BCUT2D eigenvalue weighted by molar-refractivity contribution is 8.08. The molecule has 0 aliphatic carbocycles. The fourth-order valence-electron chi connectivity index (χ4n) is 2.88. The summed E-state index contributed by atoms with van der Waals surface area (Å²) >= 11 is 5.46. The van der Waals surface area contributed by atoms with Gasteiger partial charge in [-0.2, -0.15) is 0 Å². The maximum atomic E-state index is 2.24. The maximum absolute atomic E-state index is 2.24. The summed E-state index contributed by atoms with van der Waals surface area (Å²) in [5, 5.41) is 4.32. The average Bonchev–Trinajstić information content (AvgIpc) is 3.38. The summed E-state index contributed by atoms with van der Waals surface area (Å²) < 4.78 is 0. The summed E-state index contributed by atoms with van der Waals surface area (Å²) in [5.74, 6) is 0. The molecule has 0 aliphatic rings. The van der Waals surface area contributed by atoms with Gasteiger partial charge in [-0.05, 0) is 54.4 Å². The molecule has 0 fully saturated rings. The number of aryl methyl sites for hydroxylation is 2. The van der Waals surface area contributed by atoms with Crippen molar-refractivity contribution in [1.82, 2.24) is 0 Å². The summed E-state index contributed by atoms with van der Waals surface area (Å²) in [4.78, 5) is 5.21. The van der Waals surface area contributed by atoms with Crippen LogP contribution in [0.25, 0.3) is 10.5 Å². The molecule has 0 saturated heterocycles. The fraction of sp³-hybridized carbons (Fsp3) is 0.0833. The van der Waals surface area contributed by atoms with Crippen LogP contribution in [-0.4, -0.2) is 0 Å². The molecule has 0 amide bonds. The van der Waals surface area contributed by atoms with Gasteiger partial charge in [0.2, 0.25) is 0 Å². The summed E-state index contributed by atoms with van der Waals surface area (Å²) in [6, 6.07) is 26.4. The highest BCUT2D eigenvalue weighted by Crippen LogP contribution is 2.45. The Morgan fingerprint density at radius 1 is 0.667 bits per heavy atom. The first-order valence-electron chi connectivity index (χ1n) is 8.84. The third-order valence-corrected chi connectivity index (χ3v) is 7.36. The van der Waals surface area contributed by atoms with Crippen molar-refractivity contribution in [2.24, 2.45) is 0 Å². The van der Waals surface area contributed by atoms with Gasteiger partial charge in [0.05, 0.1) is 0 Å². The molecule has 0 atom stereocenters. The summed E-state index contributed by atoms with van der Waals surface area (Å²) in [6.07, 6.45) is 0. The summed E-state index contributed by atoms with van der Waals surface area (Å²) in [6.45, 7) is 4.27. The first kappa shape index (κ1) is 18.3. The monoisotopic (exact) mass is 404 g/mol. The van der Waals surface area contributed by atoms with Gasteiger partial charge in [0.25, 0.3) is 0 Å². The Bertz CT molecular complexity index is 1020. The van der Waals surface area contributed by atoms with Gasteiger partial charge in [0, 0.05) is 25.1 Å². The van der Waals surface area contributed by atoms with Gasteiger partial charge < -0.3 is 0 Å². The van der Waals surface area contributed by atoms with Gasteiger partial charge in [0.15, 0.2) is 0 Å². The lowest BCUT2D eigenvalue weighted by Gasteiger charge is -2.14. The fourth-order valence-corrected chi connectivity index (χ4v) is 5.69. The van der Waals surface area contributed by atoms with Crippen molar-refractivity contribution < 1.29 is 0 Å². The molecule has 0 bridgehead atoms. The third kappa shape index (κ3) is 4.27. The van der Waals surface area contributed by atoms with Gasteiger partial charge in [0.1, 0.15) is 0 Å². The zero-order valence-electron chi connectivity index (χ0n) is 15.3. The Kier molecular flexibility index (Phi) is 5.63. The van der Waals surface area contributed by atoms with Crippen LogP contribution in [0.2, 0.25) is 0 Å². The molecular formula is C24H20S3. The van der Waals surface area contributed by atoms with Crippen molar-refractivity contribution >= 4 is 44.9 Å². The number of rotatable bonds is 5. The normalized spacial score (nSPS) is 12.1. The quantitative estimate of drug-likeness (QED) is 0.302. The van der Waals surface area contributed by atoms with E-state index in [-0.39, 0.29) is 0 Å². The number of benzene rings is 2. The molecule has 3 heteroatoms. The zero-order chi connectivity index (χ0) is 18.6. The molecule has 2 aromatic carbocycles. The van der Waals surface area contributed by atoms with Crippen molar-refractivity contribution in [3.05, 3.63) is 110 Å². The van der Waals surface area contributed by atoms with Crippen LogP contribution >= 0.6 is 34.4 Å². The van der Waals surface area contributed by atoms with Crippen LogP contribution < -0.4 is 0 Å². The molecule has 27 heavy (non-hydrogen) atoms. The van der Waals surface area contributed by atoms with E-state index in [1.807, 2.05) is 11.8 Å². The van der Waals surface area contributed by atoms with Crippen molar-refractivity contribution in [2.75, 3.05) is 0 Å². The average molecular weight is 405 g/mol. The first-order valence-corrected chi connectivity index (χ1v) is 11.4. The van der Waals surface area contributed by atoms with Crippen LogP contribution in [0, 0.1) is 13.8 Å². The van der Waals surface area contributed by atoms with Crippen molar-refractivity contribution in [3.63, 3.8) is 0 Å². The van der Waals surface area contributed by atoms with Crippen LogP contribution in [0.15, 0.2) is 88.5 Å². The lowest BCUT2D eigenvalue weighted by atomic mass is 10.0. The highest BCUT2D eigenvalue weighted by Gasteiger charge is 2.17. The second kappa shape index (κ2) is 8.30. The van der Waals surface area contributed by atoms with Gasteiger partial charge in [-0.1, -0.05) is 71.4 Å². The molecule has 0 saturated carbocycles. The minimum Gasteiger partial charge on any atom is -0.144 e. The molecule has 0 spiro atoms. The standard InChI is InChI=1S/C24H20S3/c1-17-7-11-19(12-8-17)23(21-5-3-15-25-21)24(22-6-4-16-26-22)27-20-13-9-18(2)10-14-20/h3-16H,1-2H3/b24-23+. The molecular weight excluding hydrogens is 384 g/mol. The van der Waals surface area contributed by atoms with E-state index in [2.05, 4.69) is 97.4 Å². The number of thioether (sulfide) groups is 1. The SMILES string of the molecule is Cc1ccc(S/C(=C(\c2ccc(C)cc2)c2cccs2)c2cccs2)cc1. The van der Waals surface area contributed by atoms with Crippen LogP contribution in [-0.2, 0) is 0 Å². The van der Waals surface area contributed by atoms with Crippen molar-refractivity contribution in [1.29, 1.82) is 0 Å². The zero-order valence-corrected chi connectivity index (χ0v) is 17.8. The summed E-state index contributed by atoms with van der Waals surface area (Å²) in [5.41, 5.74) is 5.16. The van der Waals surface area contributed by atoms with E-state index in [9.17, 15) is 0 Å². The molecule has 0 N–H and O–H groups in total. The predicted molar refractivity (Wildman–Crippen MR) is 123 cm³/mol. The lowest BCUT2D eigenvalue weighted by Crippen LogP contribution is -1.90. The Morgan fingerprint density at radius 2 is 1.22 bits per heavy atom. The maximum Gasteiger partial charge on any atom is 0.0416 e. The Hall–Kier alpha value is -2.07. The van der Waals surface area contributed by atoms with Crippen LogP contribution in [0.3, 0.4) is 0 Å². The highest BCUT2D eigenvalue weighted by atomic mass is 32.2. The first-order chi connectivity index (χ1) is 13.2. The summed E-state index contributed by atoms with van der Waals surface area (Å²) in [7, 11) is 0. The van der Waals surface area contributed by atoms with Gasteiger partial charge in [-0.3, -0.25) is 0 Å². The number of hydrogen-bond donors (Lipinski definition) is 0. The predicted octanol–water partition coefficient (Wildman–Crippen LogP) is 8.14. The van der Waals surface area contributed by atoms with Crippen LogP contribution in [0.1, 0.15) is 26.4 Å². The van der Waals surface area contributed by atoms with Gasteiger partial charge in [-0.25, -0.2) is 0 Å². The largest absolute Gasteiger partial charge is 0.144 e. The molecule has 0 nitrogen and oxygen atoms in total. The Morgan fingerprint density at radius 3 is 1.78 bits per heavy atom. The second-order valence-corrected chi connectivity index (χ2v) is 9.42. The third-order valence-electron chi connectivity index (χ3n) is 4.32. The number of hydrogen-bond acceptors (Lipinski definition) is 3. The van der Waals surface area contributed by atoms with E-state index < -0.39 is 0 Å². The molecule has 2 heterocycles. The lowest BCUT2D eigenvalue weighted by molar-refractivity contribution is 1.38. The smallest absolute Gasteiger partial charge is 0.0416 e. The Labute approximate surface area is 173 Å². The minimum atomic E-state index is 1.27. The molecule has 134 valence electrons. The van der Waals surface area contributed by atoms with Gasteiger partial charge >= 0.3 is 0 Å². The van der Waals surface area contributed by atoms with E-state index in [4.69, 9.17) is 0 Å². The topological polar surface area (TPSA) is 0 Å². The molecule has 4 aromatic rings. The minimum absolute atomic E-state index is 1.27. The van der Waals surface area contributed by atoms with Crippen molar-refractivity contribution in [3.8, 4) is 0 Å². The molecule has 0 aliphatic heterocycles. The Balaban J connectivity index is 1.92.